The zero-order valence-electron chi connectivity index (χ0n) is 11.6. The molecule has 0 aromatic carbocycles. The molecule has 5 unspecified atom stereocenters. The Morgan fingerprint density at radius 1 is 1.11 bits per heavy atom. The predicted octanol–water partition coefficient (Wildman–Crippen LogP) is 2.67. The standard InChI is InChI=1S/C15H24O3/c1-13(2)10-5-4-9(12(16)17)15(10)7-6-14(3,18)11(13)8-15/h9-11,18H,4-8H2,1-3H3,(H,16,17). The van der Waals surface area contributed by atoms with Crippen LogP contribution in [0.1, 0.15) is 52.9 Å². The van der Waals surface area contributed by atoms with Gasteiger partial charge in [-0.05, 0) is 61.7 Å². The summed E-state index contributed by atoms with van der Waals surface area (Å²) < 4.78 is 0. The molecule has 1 spiro atoms. The lowest BCUT2D eigenvalue weighted by molar-refractivity contribution is -0.148. The Balaban J connectivity index is 2.06. The largest absolute Gasteiger partial charge is 0.481 e. The van der Waals surface area contributed by atoms with Crippen LogP contribution in [0.25, 0.3) is 0 Å². The zero-order valence-corrected chi connectivity index (χ0v) is 11.6. The van der Waals surface area contributed by atoms with Crippen LogP contribution >= 0.6 is 0 Å². The van der Waals surface area contributed by atoms with E-state index in [2.05, 4.69) is 13.8 Å². The van der Waals surface area contributed by atoms with Gasteiger partial charge in [0.15, 0.2) is 0 Å². The van der Waals surface area contributed by atoms with E-state index in [1.54, 1.807) is 0 Å². The average Bonchev–Trinajstić information content (AvgIpc) is 2.69. The van der Waals surface area contributed by atoms with Crippen molar-refractivity contribution in [3.63, 3.8) is 0 Å². The molecule has 0 aliphatic heterocycles. The van der Waals surface area contributed by atoms with Gasteiger partial charge in [0.25, 0.3) is 0 Å². The lowest BCUT2D eigenvalue weighted by atomic mass is 9.64. The van der Waals surface area contributed by atoms with Gasteiger partial charge in [0.1, 0.15) is 0 Å². The highest BCUT2D eigenvalue weighted by atomic mass is 16.4. The molecule has 0 aromatic rings. The number of carbonyl (C=O) groups is 1. The minimum absolute atomic E-state index is 0.0256. The van der Waals surface area contributed by atoms with Crippen LogP contribution in [-0.2, 0) is 4.79 Å². The first-order valence-electron chi connectivity index (χ1n) is 7.17. The fraction of sp³-hybridized carbons (Fsp3) is 0.933. The van der Waals surface area contributed by atoms with Gasteiger partial charge in [-0.1, -0.05) is 13.8 Å². The van der Waals surface area contributed by atoms with Crippen LogP contribution in [0, 0.1) is 28.6 Å². The van der Waals surface area contributed by atoms with E-state index in [-0.39, 0.29) is 22.7 Å². The van der Waals surface area contributed by atoms with Crippen LogP contribution in [0.4, 0.5) is 0 Å². The van der Waals surface area contributed by atoms with Crippen molar-refractivity contribution in [3.8, 4) is 0 Å². The molecule has 102 valence electrons. The molecule has 3 rings (SSSR count). The first kappa shape index (κ1) is 12.5. The minimum atomic E-state index is -0.615. The van der Waals surface area contributed by atoms with Gasteiger partial charge >= 0.3 is 5.97 Å². The van der Waals surface area contributed by atoms with Gasteiger partial charge in [-0.25, -0.2) is 0 Å². The molecule has 0 amide bonds. The molecule has 0 saturated heterocycles. The highest BCUT2D eigenvalue weighted by molar-refractivity contribution is 5.72. The maximum absolute atomic E-state index is 11.5. The monoisotopic (exact) mass is 252 g/mol. The summed E-state index contributed by atoms with van der Waals surface area (Å²) in [7, 11) is 0. The Bertz CT molecular complexity index is 399. The first-order valence-corrected chi connectivity index (χ1v) is 7.17. The summed E-state index contributed by atoms with van der Waals surface area (Å²) in [5, 5.41) is 20.1. The van der Waals surface area contributed by atoms with Crippen molar-refractivity contribution in [2.45, 2.75) is 58.5 Å². The van der Waals surface area contributed by atoms with Crippen molar-refractivity contribution in [2.24, 2.45) is 28.6 Å². The van der Waals surface area contributed by atoms with Gasteiger partial charge in [0.2, 0.25) is 0 Å². The SMILES string of the molecule is CC1(O)CCC23CC1C(C)(C)C2CCC3C(=O)O. The molecular formula is C15H24O3. The van der Waals surface area contributed by atoms with Crippen LogP contribution < -0.4 is 0 Å². The Labute approximate surface area is 109 Å². The molecule has 3 heteroatoms. The summed E-state index contributed by atoms with van der Waals surface area (Å²) in [4.78, 5) is 11.5. The summed E-state index contributed by atoms with van der Waals surface area (Å²) in [6, 6.07) is 0. The van der Waals surface area contributed by atoms with Crippen LogP contribution in [0.5, 0.6) is 0 Å². The van der Waals surface area contributed by atoms with E-state index >= 15 is 0 Å². The van der Waals surface area contributed by atoms with E-state index in [0.29, 0.717) is 5.92 Å². The summed E-state index contributed by atoms with van der Waals surface area (Å²) in [6.45, 7) is 6.44. The third-order valence-corrected chi connectivity index (χ3v) is 6.66. The van der Waals surface area contributed by atoms with Crippen molar-refractivity contribution in [2.75, 3.05) is 0 Å². The van der Waals surface area contributed by atoms with Crippen molar-refractivity contribution < 1.29 is 15.0 Å². The van der Waals surface area contributed by atoms with E-state index in [0.717, 1.165) is 32.1 Å². The Morgan fingerprint density at radius 3 is 2.39 bits per heavy atom. The molecular weight excluding hydrogens is 228 g/mol. The molecule has 3 fully saturated rings. The third kappa shape index (κ3) is 1.26. The highest BCUT2D eigenvalue weighted by Crippen LogP contribution is 2.73. The summed E-state index contributed by atoms with van der Waals surface area (Å²) in [5.74, 6) is -0.0608. The second-order valence-electron chi connectivity index (χ2n) is 7.69. The highest BCUT2D eigenvalue weighted by Gasteiger charge is 2.69. The maximum Gasteiger partial charge on any atom is 0.307 e. The van der Waals surface area contributed by atoms with Gasteiger partial charge in [-0.15, -0.1) is 0 Å². The normalized spacial score (nSPS) is 53.2. The molecule has 2 N–H and O–H groups in total. The van der Waals surface area contributed by atoms with Gasteiger partial charge in [0.05, 0.1) is 11.5 Å². The van der Waals surface area contributed by atoms with Crippen LogP contribution in [0.15, 0.2) is 0 Å². The van der Waals surface area contributed by atoms with E-state index in [4.69, 9.17) is 0 Å². The number of hydrogen-bond donors (Lipinski definition) is 2. The van der Waals surface area contributed by atoms with E-state index < -0.39 is 11.6 Å². The smallest absolute Gasteiger partial charge is 0.307 e. The minimum Gasteiger partial charge on any atom is -0.481 e. The molecule has 0 heterocycles. The van der Waals surface area contributed by atoms with Gasteiger partial charge in [-0.2, -0.15) is 0 Å². The van der Waals surface area contributed by atoms with Crippen molar-refractivity contribution >= 4 is 5.97 Å². The number of aliphatic carboxylic acids is 1. The molecule has 3 nitrogen and oxygen atoms in total. The van der Waals surface area contributed by atoms with Gasteiger partial charge in [0, 0.05) is 0 Å². The number of aliphatic hydroxyl groups is 1. The van der Waals surface area contributed by atoms with E-state index in [1.165, 1.54) is 0 Å². The maximum atomic E-state index is 11.5. The molecule has 0 radical (unpaired) electrons. The molecule has 3 aliphatic rings. The number of fused-ring (bicyclic) bond motifs is 1. The lowest BCUT2D eigenvalue weighted by Gasteiger charge is -2.44. The predicted molar refractivity (Wildman–Crippen MR) is 68.0 cm³/mol. The topological polar surface area (TPSA) is 57.5 Å². The van der Waals surface area contributed by atoms with E-state index in [1.807, 2.05) is 6.92 Å². The zero-order chi connectivity index (χ0) is 13.3. The Hall–Kier alpha value is -0.570. The third-order valence-electron chi connectivity index (χ3n) is 6.66. The van der Waals surface area contributed by atoms with Gasteiger partial charge < -0.3 is 10.2 Å². The van der Waals surface area contributed by atoms with Crippen LogP contribution in [0.2, 0.25) is 0 Å². The summed E-state index contributed by atoms with van der Waals surface area (Å²) in [6.07, 6.45) is 4.42. The van der Waals surface area contributed by atoms with E-state index in [9.17, 15) is 15.0 Å². The summed E-state index contributed by atoms with van der Waals surface area (Å²) >= 11 is 0. The number of carboxylic acid groups (broad SMARTS) is 1. The van der Waals surface area contributed by atoms with Gasteiger partial charge in [-0.3, -0.25) is 4.79 Å². The molecule has 18 heavy (non-hydrogen) atoms. The average molecular weight is 252 g/mol. The molecule has 2 bridgehead atoms. The van der Waals surface area contributed by atoms with Crippen molar-refractivity contribution in [1.29, 1.82) is 0 Å². The van der Waals surface area contributed by atoms with Crippen molar-refractivity contribution in [1.82, 2.24) is 0 Å². The number of hydrogen-bond acceptors (Lipinski definition) is 2. The summed E-state index contributed by atoms with van der Waals surface area (Å²) in [5.41, 5.74) is -0.561. The second kappa shape index (κ2) is 3.30. The fourth-order valence-corrected chi connectivity index (χ4v) is 5.94. The van der Waals surface area contributed by atoms with Crippen LogP contribution in [0.3, 0.4) is 0 Å². The number of rotatable bonds is 1. The molecule has 3 aliphatic carbocycles. The lowest BCUT2D eigenvalue weighted by Crippen LogP contribution is -2.45. The molecule has 3 saturated carbocycles. The van der Waals surface area contributed by atoms with Crippen molar-refractivity contribution in [3.05, 3.63) is 0 Å². The fourth-order valence-electron chi connectivity index (χ4n) is 5.94. The Kier molecular flexibility index (Phi) is 2.28. The van der Waals surface area contributed by atoms with Crippen LogP contribution in [-0.4, -0.2) is 21.8 Å². The molecule has 5 atom stereocenters. The molecule has 0 aromatic heterocycles. The number of carboxylic acids is 1. The quantitative estimate of drug-likeness (QED) is 0.754. The second-order valence-corrected chi connectivity index (χ2v) is 7.69. The first-order chi connectivity index (χ1) is 8.22. The Morgan fingerprint density at radius 2 is 1.78 bits per heavy atom.